The van der Waals surface area contributed by atoms with E-state index >= 15 is 0 Å². The molecule has 0 aromatic carbocycles. The minimum atomic E-state index is -7.94. The minimum absolute atomic E-state index is 0. The molecule has 34 heteroatoms. The van der Waals surface area contributed by atoms with E-state index in [0.717, 1.165) is 0 Å². The largest absolute Gasteiger partial charge is 1.00 e. The molecule has 12 nitrogen and oxygen atoms in total. The molecule has 40 heavy (non-hydrogen) atoms. The molecule has 0 N–H and O–H groups in total. The van der Waals surface area contributed by atoms with Gasteiger partial charge >= 0.3 is 65.3 Å². The molecule has 0 radical (unpaired) electrons. The molecule has 0 atom stereocenters. The first-order chi connectivity index (χ1) is 15.6. The second-order valence-corrected chi connectivity index (χ2v) is 14.8. The standard InChI is InChI=1S/C4HF9O6S3.2CHF3O3S.2Li/c5-2(6,7)20(14,15)1(21(16,17)3(8,9)10)22(18,19)4(11,12)13;2*2-1(3,4)8(5,6)7;;/h1H;2*(H,5,6,7);;/q;;;2*+1/p-2. The van der Waals surface area contributed by atoms with Crippen molar-refractivity contribution in [2.24, 2.45) is 0 Å². The van der Waals surface area contributed by atoms with E-state index in [0.29, 0.717) is 0 Å². The van der Waals surface area contributed by atoms with Crippen molar-refractivity contribution < 1.29 is 155 Å². The third kappa shape index (κ3) is 13.0. The van der Waals surface area contributed by atoms with Gasteiger partial charge in [-0.05, 0) is 0 Å². The van der Waals surface area contributed by atoms with Crippen molar-refractivity contribution in [3.63, 3.8) is 0 Å². The maximum absolute atomic E-state index is 12.1. The first-order valence-corrected chi connectivity index (χ1v) is 14.0. The van der Waals surface area contributed by atoms with Gasteiger partial charge in [-0.1, -0.05) is 0 Å². The van der Waals surface area contributed by atoms with Crippen molar-refractivity contribution in [1.29, 1.82) is 0 Å². The van der Waals surface area contributed by atoms with E-state index in [-0.39, 0.29) is 37.7 Å². The number of rotatable bonds is 3. The summed E-state index contributed by atoms with van der Waals surface area (Å²) in [6.07, 6.45) is 0. The van der Waals surface area contributed by atoms with Crippen LogP contribution in [0.3, 0.4) is 0 Å². The van der Waals surface area contributed by atoms with E-state index in [9.17, 15) is 91.1 Å². The number of halogens is 15. The van der Waals surface area contributed by atoms with Gasteiger partial charge in [-0.3, -0.25) is 0 Å². The fourth-order valence-electron chi connectivity index (χ4n) is 0.828. The third-order valence-corrected chi connectivity index (χ3v) is 11.4. The molecule has 0 aromatic heterocycles. The van der Waals surface area contributed by atoms with Crippen molar-refractivity contribution >= 4 is 49.7 Å². The van der Waals surface area contributed by atoms with Crippen LogP contribution in [0.5, 0.6) is 0 Å². The summed E-state index contributed by atoms with van der Waals surface area (Å²) < 4.78 is 285. The van der Waals surface area contributed by atoms with E-state index in [1.54, 1.807) is 0 Å². The molecule has 0 spiro atoms. The first-order valence-electron chi connectivity index (χ1n) is 6.56. The average molecular weight is 724 g/mol. The molecule has 0 fully saturated rings. The van der Waals surface area contributed by atoms with Gasteiger partial charge in [-0.2, -0.15) is 65.9 Å². The molecule has 0 heterocycles. The molecule has 0 aliphatic carbocycles. The van der Waals surface area contributed by atoms with Crippen LogP contribution >= 0.6 is 0 Å². The number of alkyl halides is 15. The van der Waals surface area contributed by atoms with Crippen molar-refractivity contribution in [3.8, 4) is 0 Å². The van der Waals surface area contributed by atoms with Crippen LogP contribution in [0.1, 0.15) is 0 Å². The fourth-order valence-corrected chi connectivity index (χ4v) is 7.45. The Kier molecular flexibility index (Phi) is 17.4. The van der Waals surface area contributed by atoms with Crippen LogP contribution in [0.25, 0.3) is 0 Å². The second-order valence-electron chi connectivity index (χ2n) is 5.06. The fraction of sp³-hybridized carbons (Fsp3) is 1.00. The topological polar surface area (TPSA) is 217 Å². The molecule has 0 bridgehead atoms. The molecule has 0 rings (SSSR count). The minimum Gasteiger partial charge on any atom is -0.741 e. The van der Waals surface area contributed by atoms with Crippen LogP contribution < -0.4 is 37.7 Å². The molecule has 0 aliphatic rings. The summed E-state index contributed by atoms with van der Waals surface area (Å²) in [6, 6.07) is 0. The molecule has 0 aliphatic heterocycles. The van der Waals surface area contributed by atoms with Crippen molar-refractivity contribution in [3.05, 3.63) is 0 Å². The summed E-state index contributed by atoms with van der Waals surface area (Å²) >= 11 is 0. The van der Waals surface area contributed by atoms with Gasteiger partial charge in [0.15, 0.2) is 20.2 Å². The number of hydrogen-bond donors (Lipinski definition) is 0. The predicted molar refractivity (Wildman–Crippen MR) is 80.2 cm³/mol. The number of sulfone groups is 3. The van der Waals surface area contributed by atoms with Crippen LogP contribution in [-0.4, -0.2) is 82.7 Å². The van der Waals surface area contributed by atoms with E-state index in [4.69, 9.17) is 25.9 Å². The van der Waals surface area contributed by atoms with E-state index in [2.05, 4.69) is 0 Å². The Bertz CT molecular complexity index is 1220. The van der Waals surface area contributed by atoms with E-state index in [1.165, 1.54) is 0 Å². The molecule has 0 amide bonds. The third-order valence-electron chi connectivity index (χ3n) is 2.29. The Morgan fingerprint density at radius 2 is 0.450 bits per heavy atom. The average Bonchev–Trinajstić information content (AvgIpc) is 2.47. The van der Waals surface area contributed by atoms with Gasteiger partial charge in [-0.25, -0.2) is 42.1 Å². The van der Waals surface area contributed by atoms with E-state index in [1.807, 2.05) is 0 Å². The summed E-state index contributed by atoms with van der Waals surface area (Å²) in [7, 11) is -36.0. The van der Waals surface area contributed by atoms with Gasteiger partial charge in [0, 0.05) is 0 Å². The Hall–Kier alpha value is -0.185. The van der Waals surface area contributed by atoms with Gasteiger partial charge in [0.1, 0.15) is 0 Å². The monoisotopic (exact) mass is 724 g/mol. The Balaban J connectivity index is -0.000000187. The predicted octanol–water partition coefficient (Wildman–Crippen LogP) is -4.82. The molecule has 234 valence electrons. The molecule has 0 aromatic rings. The van der Waals surface area contributed by atoms with Gasteiger partial charge in [0.2, 0.25) is 0 Å². The smallest absolute Gasteiger partial charge is 0.741 e. The van der Waals surface area contributed by atoms with Crippen LogP contribution in [0.2, 0.25) is 0 Å². The zero-order valence-electron chi connectivity index (χ0n) is 17.7. The van der Waals surface area contributed by atoms with Crippen LogP contribution in [0.15, 0.2) is 0 Å². The Morgan fingerprint density at radius 3 is 0.500 bits per heavy atom. The second kappa shape index (κ2) is 14.1. The summed E-state index contributed by atoms with van der Waals surface area (Å²) in [5.74, 6) is 0. The molecule has 0 saturated carbocycles. The normalized spacial score (nSPS) is 14.4. The SMILES string of the molecule is O=S(=O)(C(S(=O)(=O)C(F)(F)F)S(=O)(=O)C(F)(F)F)C(F)(F)F.O=S(=O)([O-])C(F)(F)F.O=S(=O)([O-])C(F)(F)F.[Li+].[Li+]. The molecule has 0 saturated heterocycles. The van der Waals surface area contributed by atoms with Gasteiger partial charge in [0.25, 0.3) is 33.4 Å². The zero-order chi connectivity index (χ0) is 32.6. The van der Waals surface area contributed by atoms with Crippen molar-refractivity contribution in [2.75, 3.05) is 0 Å². The molecular formula is C6HF15Li2O12S5. The van der Waals surface area contributed by atoms with E-state index < -0.39 is 81.2 Å². The quantitative estimate of drug-likeness (QED) is 0.116. The van der Waals surface area contributed by atoms with Crippen molar-refractivity contribution in [1.82, 2.24) is 0 Å². The van der Waals surface area contributed by atoms with Gasteiger partial charge in [0.05, 0.1) is 0 Å². The maximum atomic E-state index is 12.1. The molecule has 0 unspecified atom stereocenters. The molecular weight excluding hydrogens is 723 g/mol. The van der Waals surface area contributed by atoms with Crippen molar-refractivity contribution in [2.45, 2.75) is 31.5 Å². The number of hydrogen-bond acceptors (Lipinski definition) is 12. The van der Waals surface area contributed by atoms with Crippen LogP contribution in [-0.2, 0) is 49.7 Å². The Labute approximate surface area is 235 Å². The first kappa shape index (κ1) is 49.5. The van der Waals surface area contributed by atoms with Gasteiger partial charge in [-0.15, -0.1) is 0 Å². The zero-order valence-corrected chi connectivity index (χ0v) is 21.8. The van der Waals surface area contributed by atoms with Crippen LogP contribution in [0, 0.1) is 0 Å². The van der Waals surface area contributed by atoms with Gasteiger partial charge < -0.3 is 9.11 Å². The maximum Gasteiger partial charge on any atom is 1.00 e. The van der Waals surface area contributed by atoms with Crippen LogP contribution in [0.4, 0.5) is 65.9 Å². The summed E-state index contributed by atoms with van der Waals surface area (Å²) in [4.78, 5) is 0. The summed E-state index contributed by atoms with van der Waals surface area (Å²) in [5, 5.41) is 0. The Morgan fingerprint density at radius 1 is 0.350 bits per heavy atom. The summed E-state index contributed by atoms with van der Waals surface area (Å²) in [5.41, 5.74) is -32.4. The summed E-state index contributed by atoms with van der Waals surface area (Å²) in [6.45, 7) is 0.